The summed E-state index contributed by atoms with van der Waals surface area (Å²) in [5, 5.41) is 6.35. The molecule has 0 atom stereocenters. The Morgan fingerprint density at radius 2 is 1.82 bits per heavy atom. The molecule has 0 fully saturated rings. The molecule has 2 aromatic carbocycles. The molecule has 0 unspecified atom stereocenters. The second-order valence-corrected chi connectivity index (χ2v) is 5.92. The Morgan fingerprint density at radius 1 is 1.04 bits per heavy atom. The van der Waals surface area contributed by atoms with E-state index in [0.29, 0.717) is 29.6 Å². The molecule has 0 amide bonds. The maximum Gasteiger partial charge on any atom is 0.339 e. The van der Waals surface area contributed by atoms with Crippen molar-refractivity contribution in [3.05, 3.63) is 71.9 Å². The molecule has 0 saturated heterocycles. The Balaban J connectivity index is 1.66. The fourth-order valence-electron chi connectivity index (χ4n) is 2.75. The molecule has 3 rings (SSSR count). The number of anilines is 3. The molecule has 2 N–H and O–H groups in total. The lowest BCUT2D eigenvalue weighted by Gasteiger charge is -2.11. The van der Waals surface area contributed by atoms with Gasteiger partial charge in [0, 0.05) is 12.7 Å². The fraction of sp³-hybridized carbons (Fsp3) is 0.190. The van der Waals surface area contributed by atoms with Gasteiger partial charge in [0.05, 0.1) is 25.5 Å². The van der Waals surface area contributed by atoms with Crippen LogP contribution in [0.4, 0.5) is 17.5 Å². The first kappa shape index (κ1) is 19.2. The predicted octanol–water partition coefficient (Wildman–Crippen LogP) is 3.67. The molecule has 0 aliphatic carbocycles. The predicted molar refractivity (Wildman–Crippen MR) is 108 cm³/mol. The van der Waals surface area contributed by atoms with Gasteiger partial charge in [-0.25, -0.2) is 9.78 Å². The van der Waals surface area contributed by atoms with Gasteiger partial charge >= 0.3 is 5.97 Å². The molecule has 1 aromatic heterocycles. The number of ether oxygens (including phenoxy) is 2. The lowest BCUT2D eigenvalue weighted by Crippen LogP contribution is -2.09. The summed E-state index contributed by atoms with van der Waals surface area (Å²) in [5.41, 5.74) is 2.13. The maximum atomic E-state index is 11.9. The summed E-state index contributed by atoms with van der Waals surface area (Å²) in [4.78, 5) is 20.6. The molecular weight excluding hydrogens is 356 g/mol. The average Bonchev–Trinajstić information content (AvgIpc) is 2.74. The maximum absolute atomic E-state index is 11.9. The third-order valence-corrected chi connectivity index (χ3v) is 4.13. The summed E-state index contributed by atoms with van der Waals surface area (Å²) in [7, 11) is 3.02. The van der Waals surface area contributed by atoms with Gasteiger partial charge in [-0.1, -0.05) is 30.3 Å². The number of nitrogens with zero attached hydrogens (tertiary/aromatic N) is 2. The number of benzene rings is 2. The summed E-state index contributed by atoms with van der Waals surface area (Å²) in [5.74, 6) is 1.52. The van der Waals surface area contributed by atoms with Crippen molar-refractivity contribution >= 4 is 23.4 Å². The molecule has 0 aliphatic heterocycles. The van der Waals surface area contributed by atoms with Crippen LogP contribution in [-0.2, 0) is 11.2 Å². The standard InChI is InChI=1S/C21H22N4O3/c1-27-18-10-6-3-7-15(18)11-13-22-19-12-14-23-21(25-19)24-17-9-5-4-8-16(17)20(26)28-2/h3-10,12,14H,11,13H2,1-2H3,(H2,22,23,24,25). The van der Waals surface area contributed by atoms with Gasteiger partial charge in [0.1, 0.15) is 11.6 Å². The average molecular weight is 378 g/mol. The van der Waals surface area contributed by atoms with Crippen molar-refractivity contribution < 1.29 is 14.3 Å². The van der Waals surface area contributed by atoms with Crippen LogP contribution >= 0.6 is 0 Å². The van der Waals surface area contributed by atoms with Gasteiger partial charge in [-0.15, -0.1) is 0 Å². The Hall–Kier alpha value is -3.61. The van der Waals surface area contributed by atoms with Crippen LogP contribution in [0.3, 0.4) is 0 Å². The van der Waals surface area contributed by atoms with E-state index in [9.17, 15) is 4.79 Å². The number of para-hydroxylation sites is 2. The SMILES string of the molecule is COC(=O)c1ccccc1Nc1nccc(NCCc2ccccc2OC)n1. The minimum absolute atomic E-state index is 0.388. The molecule has 1 heterocycles. The summed E-state index contributed by atoms with van der Waals surface area (Å²) in [6.07, 6.45) is 2.45. The van der Waals surface area contributed by atoms with Gasteiger partial charge in [0.2, 0.25) is 5.95 Å². The van der Waals surface area contributed by atoms with Crippen molar-refractivity contribution in [2.24, 2.45) is 0 Å². The summed E-state index contributed by atoms with van der Waals surface area (Å²) in [6, 6.07) is 16.8. The third kappa shape index (κ3) is 4.76. The first-order valence-electron chi connectivity index (χ1n) is 8.84. The lowest BCUT2D eigenvalue weighted by atomic mass is 10.1. The molecule has 0 saturated carbocycles. The minimum atomic E-state index is -0.422. The van der Waals surface area contributed by atoms with Crippen molar-refractivity contribution in [2.45, 2.75) is 6.42 Å². The van der Waals surface area contributed by atoms with Crippen LogP contribution < -0.4 is 15.4 Å². The van der Waals surface area contributed by atoms with E-state index >= 15 is 0 Å². The molecule has 0 bridgehead atoms. The summed E-state index contributed by atoms with van der Waals surface area (Å²) < 4.78 is 10.2. The van der Waals surface area contributed by atoms with Crippen LogP contribution in [0.15, 0.2) is 60.8 Å². The normalized spacial score (nSPS) is 10.2. The van der Waals surface area contributed by atoms with Crippen molar-refractivity contribution in [1.82, 2.24) is 9.97 Å². The smallest absolute Gasteiger partial charge is 0.339 e. The number of carbonyl (C=O) groups excluding carboxylic acids is 1. The summed E-state index contributed by atoms with van der Waals surface area (Å²) in [6.45, 7) is 0.690. The lowest BCUT2D eigenvalue weighted by molar-refractivity contribution is 0.0602. The third-order valence-electron chi connectivity index (χ3n) is 4.13. The van der Waals surface area contributed by atoms with E-state index in [0.717, 1.165) is 17.7 Å². The zero-order valence-electron chi connectivity index (χ0n) is 15.8. The highest BCUT2D eigenvalue weighted by Gasteiger charge is 2.12. The van der Waals surface area contributed by atoms with E-state index in [1.54, 1.807) is 37.6 Å². The number of nitrogens with one attached hydrogen (secondary N) is 2. The molecule has 0 radical (unpaired) electrons. The Morgan fingerprint density at radius 3 is 2.64 bits per heavy atom. The number of hydrogen-bond donors (Lipinski definition) is 2. The summed E-state index contributed by atoms with van der Waals surface area (Å²) >= 11 is 0. The van der Waals surface area contributed by atoms with Crippen LogP contribution in [0.5, 0.6) is 5.75 Å². The van der Waals surface area contributed by atoms with E-state index in [4.69, 9.17) is 9.47 Å². The van der Waals surface area contributed by atoms with Gasteiger partial charge in [-0.05, 0) is 36.2 Å². The van der Waals surface area contributed by atoms with Crippen LogP contribution in [0.25, 0.3) is 0 Å². The van der Waals surface area contributed by atoms with E-state index in [1.165, 1.54) is 7.11 Å². The van der Waals surface area contributed by atoms with Gasteiger partial charge in [-0.2, -0.15) is 4.98 Å². The molecule has 7 nitrogen and oxygen atoms in total. The van der Waals surface area contributed by atoms with Crippen molar-refractivity contribution in [2.75, 3.05) is 31.4 Å². The van der Waals surface area contributed by atoms with Gasteiger partial charge in [-0.3, -0.25) is 0 Å². The number of esters is 1. The highest BCUT2D eigenvalue weighted by molar-refractivity contribution is 5.96. The van der Waals surface area contributed by atoms with Crippen LogP contribution in [0, 0.1) is 0 Å². The van der Waals surface area contributed by atoms with Crippen molar-refractivity contribution in [3.63, 3.8) is 0 Å². The molecule has 0 aliphatic rings. The number of rotatable bonds is 8. The first-order chi connectivity index (χ1) is 13.7. The van der Waals surface area contributed by atoms with E-state index < -0.39 is 5.97 Å². The number of carbonyl (C=O) groups is 1. The van der Waals surface area contributed by atoms with Crippen LogP contribution in [-0.4, -0.2) is 36.7 Å². The van der Waals surface area contributed by atoms with E-state index in [-0.39, 0.29) is 0 Å². The van der Waals surface area contributed by atoms with Crippen LogP contribution in [0.2, 0.25) is 0 Å². The second kappa shape index (κ2) is 9.36. The molecule has 28 heavy (non-hydrogen) atoms. The zero-order chi connectivity index (χ0) is 19.8. The fourth-order valence-corrected chi connectivity index (χ4v) is 2.75. The number of aromatic nitrogens is 2. The highest BCUT2D eigenvalue weighted by Crippen LogP contribution is 2.20. The van der Waals surface area contributed by atoms with E-state index in [2.05, 4.69) is 20.6 Å². The monoisotopic (exact) mass is 378 g/mol. The number of methoxy groups -OCH3 is 2. The largest absolute Gasteiger partial charge is 0.496 e. The van der Waals surface area contributed by atoms with Crippen molar-refractivity contribution in [3.8, 4) is 5.75 Å². The first-order valence-corrected chi connectivity index (χ1v) is 8.84. The molecule has 7 heteroatoms. The zero-order valence-corrected chi connectivity index (χ0v) is 15.8. The minimum Gasteiger partial charge on any atom is -0.496 e. The Bertz CT molecular complexity index is 946. The quantitative estimate of drug-likeness (QED) is 0.579. The Labute approximate surface area is 163 Å². The van der Waals surface area contributed by atoms with Crippen molar-refractivity contribution in [1.29, 1.82) is 0 Å². The van der Waals surface area contributed by atoms with Gasteiger partial charge in [0.15, 0.2) is 0 Å². The van der Waals surface area contributed by atoms with E-state index in [1.807, 2.05) is 30.3 Å². The topological polar surface area (TPSA) is 85.4 Å². The van der Waals surface area contributed by atoms with Crippen LogP contribution in [0.1, 0.15) is 15.9 Å². The van der Waals surface area contributed by atoms with Gasteiger partial charge < -0.3 is 20.1 Å². The Kier molecular flexibility index (Phi) is 6.41. The second-order valence-electron chi connectivity index (χ2n) is 5.92. The number of hydrogen-bond acceptors (Lipinski definition) is 7. The van der Waals surface area contributed by atoms with Gasteiger partial charge in [0.25, 0.3) is 0 Å². The molecule has 3 aromatic rings. The molecule has 144 valence electrons. The molecule has 0 spiro atoms. The highest BCUT2D eigenvalue weighted by atomic mass is 16.5. The molecular formula is C21H22N4O3.